The Morgan fingerprint density at radius 3 is 3.00 bits per heavy atom. The molecular formula is C10H17N5O3S. The van der Waals surface area contributed by atoms with Crippen LogP contribution < -0.4 is 5.73 Å². The van der Waals surface area contributed by atoms with Crippen LogP contribution in [-0.2, 0) is 10.0 Å². The van der Waals surface area contributed by atoms with Crippen LogP contribution in [0.25, 0.3) is 0 Å². The Bertz CT molecular complexity index is 580. The summed E-state index contributed by atoms with van der Waals surface area (Å²) in [5.74, 6) is -0.176. The van der Waals surface area contributed by atoms with Crippen LogP contribution in [0.2, 0.25) is 0 Å². The molecule has 1 fully saturated rings. The first-order chi connectivity index (χ1) is 8.96. The minimum Gasteiger partial charge on any atom is -0.409 e. The molecule has 0 saturated carbocycles. The fourth-order valence-electron chi connectivity index (χ4n) is 2.22. The number of amidine groups is 1. The summed E-state index contributed by atoms with van der Waals surface area (Å²) in [5.41, 5.74) is 6.07. The molecule has 1 atom stereocenters. The first kappa shape index (κ1) is 13.8. The van der Waals surface area contributed by atoms with Crippen LogP contribution >= 0.6 is 0 Å². The monoisotopic (exact) mass is 287 g/mol. The van der Waals surface area contributed by atoms with Gasteiger partial charge in [-0.2, -0.15) is 9.40 Å². The minimum atomic E-state index is -3.58. The Morgan fingerprint density at radius 2 is 2.42 bits per heavy atom. The van der Waals surface area contributed by atoms with E-state index in [-0.39, 0.29) is 23.2 Å². The van der Waals surface area contributed by atoms with Gasteiger partial charge in [0.1, 0.15) is 10.7 Å². The number of piperidine rings is 1. The summed E-state index contributed by atoms with van der Waals surface area (Å²) in [5, 5.41) is 18.0. The lowest BCUT2D eigenvalue weighted by molar-refractivity contribution is 0.287. The van der Waals surface area contributed by atoms with Gasteiger partial charge in [-0.05, 0) is 19.8 Å². The maximum absolute atomic E-state index is 12.4. The molecule has 2 heterocycles. The fraction of sp³-hybridized carbons (Fsp3) is 0.600. The minimum absolute atomic E-state index is 0.0730. The normalized spacial score (nSPS) is 22.6. The van der Waals surface area contributed by atoms with Crippen molar-refractivity contribution in [3.8, 4) is 0 Å². The SMILES string of the molecule is Cc1[nH]ncc1S(=O)(=O)N1CCCC(C(N)=NO)C1. The number of H-pyrrole nitrogens is 1. The quantitative estimate of drug-likeness (QED) is 0.309. The van der Waals surface area contributed by atoms with Gasteiger partial charge in [-0.1, -0.05) is 5.16 Å². The molecular weight excluding hydrogens is 270 g/mol. The van der Waals surface area contributed by atoms with Crippen LogP contribution in [0.15, 0.2) is 16.2 Å². The first-order valence-corrected chi connectivity index (χ1v) is 7.38. The molecule has 1 aliphatic rings. The third kappa shape index (κ3) is 2.56. The lowest BCUT2D eigenvalue weighted by Gasteiger charge is -2.30. The molecule has 0 aromatic carbocycles. The van der Waals surface area contributed by atoms with Gasteiger partial charge in [0, 0.05) is 19.0 Å². The van der Waals surface area contributed by atoms with E-state index < -0.39 is 10.0 Å². The highest BCUT2D eigenvalue weighted by Crippen LogP contribution is 2.24. The van der Waals surface area contributed by atoms with Gasteiger partial charge in [0.25, 0.3) is 0 Å². The van der Waals surface area contributed by atoms with Crippen molar-refractivity contribution in [3.05, 3.63) is 11.9 Å². The third-order valence-corrected chi connectivity index (χ3v) is 5.30. The number of rotatable bonds is 3. The first-order valence-electron chi connectivity index (χ1n) is 5.94. The van der Waals surface area contributed by atoms with E-state index in [4.69, 9.17) is 10.9 Å². The average Bonchev–Trinajstić information content (AvgIpc) is 2.85. The zero-order valence-electron chi connectivity index (χ0n) is 10.6. The van der Waals surface area contributed by atoms with Crippen LogP contribution in [0, 0.1) is 12.8 Å². The lowest BCUT2D eigenvalue weighted by atomic mass is 9.99. The van der Waals surface area contributed by atoms with Crippen LogP contribution in [-0.4, -0.2) is 47.1 Å². The zero-order valence-corrected chi connectivity index (χ0v) is 11.4. The van der Waals surface area contributed by atoms with E-state index in [2.05, 4.69) is 15.4 Å². The molecule has 1 aromatic rings. The van der Waals surface area contributed by atoms with Gasteiger partial charge >= 0.3 is 0 Å². The molecule has 1 aromatic heterocycles. The number of aryl methyl sites for hydroxylation is 1. The second-order valence-corrected chi connectivity index (χ2v) is 6.49. The summed E-state index contributed by atoms with van der Waals surface area (Å²) in [6, 6.07) is 0. The molecule has 1 aliphatic heterocycles. The van der Waals surface area contributed by atoms with Crippen LogP contribution in [0.4, 0.5) is 0 Å². The highest BCUT2D eigenvalue weighted by Gasteiger charge is 2.33. The fourth-order valence-corrected chi connectivity index (χ4v) is 3.86. The van der Waals surface area contributed by atoms with E-state index >= 15 is 0 Å². The molecule has 1 saturated heterocycles. The topological polar surface area (TPSA) is 125 Å². The zero-order chi connectivity index (χ0) is 14.0. The molecule has 1 unspecified atom stereocenters. The van der Waals surface area contributed by atoms with Gasteiger partial charge < -0.3 is 10.9 Å². The van der Waals surface area contributed by atoms with Crippen molar-refractivity contribution >= 4 is 15.9 Å². The number of nitrogens with two attached hydrogens (primary N) is 1. The van der Waals surface area contributed by atoms with Gasteiger partial charge in [-0.15, -0.1) is 0 Å². The van der Waals surface area contributed by atoms with Crippen molar-refractivity contribution in [2.24, 2.45) is 16.8 Å². The van der Waals surface area contributed by atoms with E-state index in [0.29, 0.717) is 25.1 Å². The summed E-state index contributed by atoms with van der Waals surface area (Å²) in [6.07, 6.45) is 2.70. The number of oxime groups is 1. The average molecular weight is 287 g/mol. The maximum atomic E-state index is 12.4. The predicted octanol–water partition coefficient (Wildman–Crippen LogP) is -0.135. The Morgan fingerprint density at radius 1 is 1.68 bits per heavy atom. The van der Waals surface area contributed by atoms with Gasteiger partial charge in [0.05, 0.1) is 11.9 Å². The second-order valence-electron chi connectivity index (χ2n) is 4.59. The number of sulfonamides is 1. The highest BCUT2D eigenvalue weighted by molar-refractivity contribution is 7.89. The van der Waals surface area contributed by atoms with Gasteiger partial charge in [0.15, 0.2) is 0 Å². The lowest BCUT2D eigenvalue weighted by Crippen LogP contribution is -2.44. The Labute approximate surface area is 111 Å². The van der Waals surface area contributed by atoms with Crippen molar-refractivity contribution in [2.45, 2.75) is 24.7 Å². The van der Waals surface area contributed by atoms with E-state index in [1.807, 2.05) is 0 Å². The number of aromatic nitrogens is 2. The standard InChI is InChI=1S/C10H17N5O3S/c1-7-9(5-12-13-7)19(17,18)15-4-2-3-8(6-15)10(11)14-16/h5,8,16H,2-4,6H2,1H3,(H2,11,14)(H,12,13). The summed E-state index contributed by atoms with van der Waals surface area (Å²) < 4.78 is 26.3. The molecule has 0 spiro atoms. The second kappa shape index (κ2) is 5.17. The molecule has 4 N–H and O–H groups in total. The van der Waals surface area contributed by atoms with E-state index in [9.17, 15) is 8.42 Å². The maximum Gasteiger partial charge on any atom is 0.246 e. The number of hydrogen-bond donors (Lipinski definition) is 3. The molecule has 9 heteroatoms. The Balaban J connectivity index is 2.25. The molecule has 8 nitrogen and oxygen atoms in total. The summed E-state index contributed by atoms with van der Waals surface area (Å²) in [7, 11) is -3.58. The van der Waals surface area contributed by atoms with Crippen molar-refractivity contribution in [1.29, 1.82) is 0 Å². The largest absolute Gasteiger partial charge is 0.409 e. The smallest absolute Gasteiger partial charge is 0.246 e. The van der Waals surface area contributed by atoms with Crippen molar-refractivity contribution < 1.29 is 13.6 Å². The van der Waals surface area contributed by atoms with Gasteiger partial charge in [0.2, 0.25) is 10.0 Å². The number of nitrogens with zero attached hydrogens (tertiary/aromatic N) is 3. The highest BCUT2D eigenvalue weighted by atomic mass is 32.2. The van der Waals surface area contributed by atoms with Gasteiger partial charge in [-0.3, -0.25) is 5.10 Å². The summed E-state index contributed by atoms with van der Waals surface area (Å²) in [6.45, 7) is 2.32. The van der Waals surface area contributed by atoms with Crippen LogP contribution in [0.5, 0.6) is 0 Å². The molecule has 2 rings (SSSR count). The van der Waals surface area contributed by atoms with E-state index in [0.717, 1.165) is 0 Å². The predicted molar refractivity (Wildman–Crippen MR) is 68.2 cm³/mol. The van der Waals surface area contributed by atoms with E-state index in [1.54, 1.807) is 6.92 Å². The van der Waals surface area contributed by atoms with Gasteiger partial charge in [-0.25, -0.2) is 8.42 Å². The Hall–Kier alpha value is -1.61. The van der Waals surface area contributed by atoms with Crippen molar-refractivity contribution in [1.82, 2.24) is 14.5 Å². The van der Waals surface area contributed by atoms with Crippen LogP contribution in [0.1, 0.15) is 18.5 Å². The summed E-state index contributed by atoms with van der Waals surface area (Å²) >= 11 is 0. The molecule has 0 bridgehead atoms. The molecule has 19 heavy (non-hydrogen) atoms. The number of nitrogens with one attached hydrogen (secondary N) is 1. The Kier molecular flexibility index (Phi) is 3.76. The van der Waals surface area contributed by atoms with Crippen molar-refractivity contribution in [3.63, 3.8) is 0 Å². The van der Waals surface area contributed by atoms with Crippen molar-refractivity contribution in [2.75, 3.05) is 13.1 Å². The third-order valence-electron chi connectivity index (χ3n) is 3.32. The van der Waals surface area contributed by atoms with Crippen LogP contribution in [0.3, 0.4) is 0 Å². The van der Waals surface area contributed by atoms with E-state index in [1.165, 1.54) is 10.5 Å². The molecule has 0 amide bonds. The molecule has 0 aliphatic carbocycles. The summed E-state index contributed by atoms with van der Waals surface area (Å²) in [4.78, 5) is 0.174. The number of hydrogen-bond acceptors (Lipinski definition) is 5. The molecule has 106 valence electrons. The number of aromatic amines is 1. The molecule has 0 radical (unpaired) electrons.